The number of nitrogens with zero attached hydrogens (tertiary/aromatic N) is 1. The largest absolute Gasteiger partial charge is 0.493 e. The highest BCUT2D eigenvalue weighted by atomic mass is 16.5. The van der Waals surface area contributed by atoms with Crippen LogP contribution in [0.2, 0.25) is 0 Å². The molecule has 0 unspecified atom stereocenters. The fourth-order valence-electron chi connectivity index (χ4n) is 3.90. The monoisotopic (exact) mass is 399 g/mol. The van der Waals surface area contributed by atoms with Crippen molar-refractivity contribution in [3.8, 4) is 17.2 Å². The molecule has 0 aliphatic carbocycles. The molecule has 6 nitrogen and oxygen atoms in total. The Labute approximate surface area is 173 Å². The van der Waals surface area contributed by atoms with Gasteiger partial charge in [-0.15, -0.1) is 0 Å². The van der Waals surface area contributed by atoms with Gasteiger partial charge in [0.2, 0.25) is 11.7 Å². The average molecular weight is 400 g/mol. The number of carbonyl (C=O) groups excluding carboxylic acids is 1. The first-order valence-corrected chi connectivity index (χ1v) is 10.0. The van der Waals surface area contributed by atoms with Crippen LogP contribution in [0.3, 0.4) is 0 Å². The van der Waals surface area contributed by atoms with Crippen molar-refractivity contribution in [3.05, 3.63) is 53.1 Å². The number of hydrogen-bond acceptors (Lipinski definition) is 4. The van der Waals surface area contributed by atoms with Crippen molar-refractivity contribution >= 4 is 5.91 Å². The van der Waals surface area contributed by atoms with Crippen molar-refractivity contribution in [2.45, 2.75) is 19.9 Å². The van der Waals surface area contributed by atoms with Gasteiger partial charge in [-0.3, -0.25) is 4.79 Å². The molecule has 1 fully saturated rings. The van der Waals surface area contributed by atoms with Crippen LogP contribution in [0.5, 0.6) is 17.2 Å². The summed E-state index contributed by atoms with van der Waals surface area (Å²) in [4.78, 5) is 16.4. The third-order valence-electron chi connectivity index (χ3n) is 5.65. The van der Waals surface area contributed by atoms with E-state index in [1.54, 1.807) is 21.3 Å². The molecule has 0 aromatic heterocycles. The van der Waals surface area contributed by atoms with E-state index in [1.165, 1.54) is 16.0 Å². The zero-order valence-electron chi connectivity index (χ0n) is 17.8. The quantitative estimate of drug-likeness (QED) is 0.767. The molecule has 1 amide bonds. The number of hydrogen-bond donors (Lipinski definition) is 1. The summed E-state index contributed by atoms with van der Waals surface area (Å²) in [6.07, 6.45) is 0.288. The zero-order valence-corrected chi connectivity index (χ0v) is 17.8. The summed E-state index contributed by atoms with van der Waals surface area (Å²) in [7, 11) is 4.74. The SMILES string of the molecule is COc1ccc(CC(=O)N2CC[NH+](Cc3ccccc3C)CC2)c(OC)c1OC. The van der Waals surface area contributed by atoms with Gasteiger partial charge in [0.1, 0.15) is 6.54 Å². The first kappa shape index (κ1) is 21.0. The highest BCUT2D eigenvalue weighted by Gasteiger charge is 2.26. The molecule has 0 atom stereocenters. The molecule has 3 rings (SSSR count). The second-order valence-corrected chi connectivity index (χ2v) is 7.40. The Morgan fingerprint density at radius 2 is 1.62 bits per heavy atom. The number of nitrogens with one attached hydrogen (secondary N) is 1. The van der Waals surface area contributed by atoms with E-state index >= 15 is 0 Å². The lowest BCUT2D eigenvalue weighted by atomic mass is 10.1. The summed E-state index contributed by atoms with van der Waals surface area (Å²) < 4.78 is 16.3. The Morgan fingerprint density at radius 1 is 0.931 bits per heavy atom. The molecule has 1 N–H and O–H groups in total. The van der Waals surface area contributed by atoms with Gasteiger partial charge >= 0.3 is 0 Å². The van der Waals surface area contributed by atoms with Gasteiger partial charge in [-0.05, 0) is 18.6 Å². The highest BCUT2D eigenvalue weighted by Crippen LogP contribution is 2.40. The van der Waals surface area contributed by atoms with Gasteiger partial charge in [0, 0.05) is 11.1 Å². The molecule has 6 heteroatoms. The van der Waals surface area contributed by atoms with Gasteiger partial charge in [-0.2, -0.15) is 0 Å². The van der Waals surface area contributed by atoms with Crippen molar-refractivity contribution in [1.82, 2.24) is 4.90 Å². The molecule has 0 spiro atoms. The first-order valence-electron chi connectivity index (χ1n) is 10.0. The second kappa shape index (κ2) is 9.65. The summed E-state index contributed by atoms with van der Waals surface area (Å²) in [5, 5.41) is 0. The molecule has 0 radical (unpaired) electrons. The summed E-state index contributed by atoms with van der Waals surface area (Å²) in [6, 6.07) is 12.2. The van der Waals surface area contributed by atoms with Crippen LogP contribution in [-0.4, -0.2) is 58.3 Å². The summed E-state index contributed by atoms with van der Waals surface area (Å²) in [5.74, 6) is 1.79. The van der Waals surface area contributed by atoms with E-state index < -0.39 is 0 Å². The predicted molar refractivity (Wildman–Crippen MR) is 112 cm³/mol. The number of carbonyl (C=O) groups is 1. The fourth-order valence-corrected chi connectivity index (χ4v) is 3.90. The Kier molecular flexibility index (Phi) is 6.99. The summed E-state index contributed by atoms with van der Waals surface area (Å²) in [6.45, 7) is 6.64. The van der Waals surface area contributed by atoms with Gasteiger partial charge in [-0.1, -0.05) is 30.3 Å². The number of amides is 1. The summed E-state index contributed by atoms with van der Waals surface area (Å²) in [5.41, 5.74) is 3.53. The van der Waals surface area contributed by atoms with Gasteiger partial charge < -0.3 is 24.0 Å². The van der Waals surface area contributed by atoms with Crippen molar-refractivity contribution in [3.63, 3.8) is 0 Å². The highest BCUT2D eigenvalue weighted by molar-refractivity contribution is 5.80. The topological polar surface area (TPSA) is 52.4 Å². The smallest absolute Gasteiger partial charge is 0.227 e. The molecule has 2 aromatic rings. The lowest BCUT2D eigenvalue weighted by Crippen LogP contribution is -3.13. The molecule has 0 saturated carbocycles. The number of aryl methyl sites for hydroxylation is 1. The van der Waals surface area contributed by atoms with Crippen molar-refractivity contribution in [2.75, 3.05) is 47.5 Å². The maximum atomic E-state index is 12.9. The van der Waals surface area contributed by atoms with E-state index in [-0.39, 0.29) is 12.3 Å². The van der Waals surface area contributed by atoms with Crippen LogP contribution in [0, 0.1) is 6.92 Å². The van der Waals surface area contributed by atoms with E-state index in [4.69, 9.17) is 14.2 Å². The third-order valence-corrected chi connectivity index (χ3v) is 5.65. The average Bonchev–Trinajstić information content (AvgIpc) is 2.75. The van der Waals surface area contributed by atoms with Gasteiger partial charge in [0.25, 0.3) is 0 Å². The Bertz CT molecular complexity index is 845. The lowest BCUT2D eigenvalue weighted by molar-refractivity contribution is -0.917. The van der Waals surface area contributed by atoms with Crippen LogP contribution in [0.25, 0.3) is 0 Å². The molecular formula is C23H31N2O4+. The van der Waals surface area contributed by atoms with Gasteiger partial charge in [0.15, 0.2) is 11.5 Å². The Balaban J connectivity index is 1.61. The Morgan fingerprint density at radius 3 is 2.24 bits per heavy atom. The van der Waals surface area contributed by atoms with E-state index in [2.05, 4.69) is 31.2 Å². The molecule has 1 saturated heterocycles. The van der Waals surface area contributed by atoms with Crippen LogP contribution >= 0.6 is 0 Å². The standard InChI is InChI=1S/C23H30N2O4/c1-17-7-5-6-8-19(17)16-24-11-13-25(14-12-24)21(26)15-18-9-10-20(27-2)23(29-4)22(18)28-3/h5-10H,11-16H2,1-4H3/p+1. The zero-order chi connectivity index (χ0) is 20.8. The van der Waals surface area contributed by atoms with E-state index in [9.17, 15) is 4.79 Å². The van der Waals surface area contributed by atoms with Crippen molar-refractivity contribution in [2.24, 2.45) is 0 Å². The number of quaternary nitrogens is 1. The molecule has 156 valence electrons. The van der Waals surface area contributed by atoms with Gasteiger partial charge in [0.05, 0.1) is 53.9 Å². The molecule has 1 aliphatic rings. The van der Waals surface area contributed by atoms with Crippen LogP contribution in [0.1, 0.15) is 16.7 Å². The van der Waals surface area contributed by atoms with Crippen LogP contribution in [-0.2, 0) is 17.8 Å². The molecule has 1 heterocycles. The van der Waals surface area contributed by atoms with E-state index in [1.807, 2.05) is 17.0 Å². The predicted octanol–water partition coefficient (Wildman–Crippen LogP) is 1.49. The van der Waals surface area contributed by atoms with Crippen molar-refractivity contribution < 1.29 is 23.9 Å². The van der Waals surface area contributed by atoms with E-state index in [0.717, 1.165) is 38.3 Å². The fraction of sp³-hybridized carbons (Fsp3) is 0.435. The summed E-state index contributed by atoms with van der Waals surface area (Å²) >= 11 is 0. The van der Waals surface area contributed by atoms with Crippen LogP contribution < -0.4 is 19.1 Å². The number of piperazine rings is 1. The number of benzene rings is 2. The van der Waals surface area contributed by atoms with E-state index in [0.29, 0.717) is 17.2 Å². The molecular weight excluding hydrogens is 368 g/mol. The molecule has 1 aliphatic heterocycles. The van der Waals surface area contributed by atoms with Crippen molar-refractivity contribution in [1.29, 1.82) is 0 Å². The first-order chi connectivity index (χ1) is 14.1. The molecule has 29 heavy (non-hydrogen) atoms. The minimum Gasteiger partial charge on any atom is -0.493 e. The number of ether oxygens (including phenoxy) is 3. The second-order valence-electron chi connectivity index (χ2n) is 7.40. The number of methoxy groups -OCH3 is 3. The maximum Gasteiger partial charge on any atom is 0.227 e. The molecule has 2 aromatic carbocycles. The Hall–Kier alpha value is -2.73. The minimum absolute atomic E-state index is 0.116. The minimum atomic E-state index is 0.116. The number of rotatable bonds is 7. The maximum absolute atomic E-state index is 12.9. The lowest BCUT2D eigenvalue weighted by Gasteiger charge is -2.32. The normalized spacial score (nSPS) is 14.6. The van der Waals surface area contributed by atoms with Crippen LogP contribution in [0.15, 0.2) is 36.4 Å². The van der Waals surface area contributed by atoms with Crippen LogP contribution in [0.4, 0.5) is 0 Å². The molecule has 0 bridgehead atoms. The van der Waals surface area contributed by atoms with Gasteiger partial charge in [-0.25, -0.2) is 0 Å². The third kappa shape index (κ3) is 4.82.